The lowest BCUT2D eigenvalue weighted by atomic mass is 10.2. The molecule has 1 aliphatic heterocycles. The molecule has 0 aromatic carbocycles. The van der Waals surface area contributed by atoms with Crippen molar-refractivity contribution in [3.05, 3.63) is 12.2 Å². The minimum Gasteiger partial charge on any atom is -0.400 e. The third-order valence-electron chi connectivity index (χ3n) is 3.31. The van der Waals surface area contributed by atoms with Crippen LogP contribution < -0.4 is 5.73 Å². The molecule has 1 saturated heterocycles. The van der Waals surface area contributed by atoms with E-state index in [4.69, 9.17) is 20.7 Å². The molecule has 0 bridgehead atoms. The lowest BCUT2D eigenvalue weighted by molar-refractivity contribution is -0.144. The zero-order valence-corrected chi connectivity index (χ0v) is 12.4. The molecule has 0 spiro atoms. The van der Waals surface area contributed by atoms with Gasteiger partial charge in [-0.25, -0.2) is 19.3 Å². The van der Waals surface area contributed by atoms with Gasteiger partial charge >= 0.3 is 6.18 Å². The van der Waals surface area contributed by atoms with Crippen molar-refractivity contribution in [2.45, 2.75) is 31.1 Å². The van der Waals surface area contributed by atoms with E-state index in [1.54, 1.807) is 0 Å². The number of aliphatic hydroxyl groups is 2. The lowest BCUT2D eigenvalue weighted by Gasteiger charge is -2.16. The van der Waals surface area contributed by atoms with Gasteiger partial charge in [0.2, 0.25) is 5.82 Å². The Morgan fingerprint density at radius 1 is 1.38 bits per heavy atom. The molecule has 4 N–H and O–H groups in total. The maximum absolute atomic E-state index is 14.0. The SMILES string of the molecule is CO.Nc1nc(C(F)(F)F)nc2c1ncn2C1OC(CO)CC1F. The molecular weight excluding hydrogens is 338 g/mol. The average molecular weight is 353 g/mol. The third-order valence-corrected chi connectivity index (χ3v) is 3.31. The molecule has 0 radical (unpaired) electrons. The van der Waals surface area contributed by atoms with E-state index in [1.807, 2.05) is 0 Å². The van der Waals surface area contributed by atoms with Gasteiger partial charge in [-0.15, -0.1) is 0 Å². The number of ether oxygens (including phenoxy) is 1. The van der Waals surface area contributed by atoms with Crippen molar-refractivity contribution >= 4 is 17.0 Å². The lowest BCUT2D eigenvalue weighted by Crippen LogP contribution is -2.18. The highest BCUT2D eigenvalue weighted by Gasteiger charge is 2.39. The summed E-state index contributed by atoms with van der Waals surface area (Å²) in [4.78, 5) is 10.3. The highest BCUT2D eigenvalue weighted by atomic mass is 19.4. The summed E-state index contributed by atoms with van der Waals surface area (Å²) in [7, 11) is 1.00. The molecular formula is C12H15F4N5O3. The largest absolute Gasteiger partial charge is 0.451 e. The normalized spacial score (nSPS) is 24.0. The number of aliphatic hydroxyl groups excluding tert-OH is 2. The summed E-state index contributed by atoms with van der Waals surface area (Å²) in [6.45, 7) is -0.394. The highest BCUT2D eigenvalue weighted by molar-refractivity contribution is 5.81. The molecule has 3 unspecified atom stereocenters. The zero-order chi connectivity index (χ0) is 18.1. The molecule has 0 saturated carbocycles. The van der Waals surface area contributed by atoms with Crippen LogP contribution in [-0.2, 0) is 10.9 Å². The second-order valence-electron chi connectivity index (χ2n) is 4.84. The van der Waals surface area contributed by atoms with E-state index in [9.17, 15) is 17.6 Å². The number of nitrogens with two attached hydrogens (primary N) is 1. The average Bonchev–Trinajstić information content (AvgIpc) is 3.11. The van der Waals surface area contributed by atoms with Crippen molar-refractivity contribution in [1.29, 1.82) is 0 Å². The van der Waals surface area contributed by atoms with Gasteiger partial charge in [0, 0.05) is 13.5 Å². The molecule has 12 heteroatoms. The predicted molar refractivity (Wildman–Crippen MR) is 73.4 cm³/mol. The first-order valence-electron chi connectivity index (χ1n) is 6.73. The number of imidazole rings is 1. The van der Waals surface area contributed by atoms with Crippen molar-refractivity contribution < 1.29 is 32.5 Å². The van der Waals surface area contributed by atoms with Crippen LogP contribution in [0.5, 0.6) is 0 Å². The van der Waals surface area contributed by atoms with Crippen molar-refractivity contribution in [3.63, 3.8) is 0 Å². The van der Waals surface area contributed by atoms with Crippen molar-refractivity contribution in [2.24, 2.45) is 0 Å². The number of hydrogen-bond acceptors (Lipinski definition) is 7. The molecule has 3 heterocycles. The molecule has 1 aliphatic rings. The molecule has 3 rings (SSSR count). The minimum absolute atomic E-state index is 0.0729. The van der Waals surface area contributed by atoms with Crippen LogP contribution in [0.15, 0.2) is 6.33 Å². The Hall–Kier alpha value is -2.05. The monoisotopic (exact) mass is 353 g/mol. The Kier molecular flexibility index (Phi) is 5.20. The van der Waals surface area contributed by atoms with E-state index in [0.717, 1.165) is 18.0 Å². The molecule has 2 aromatic heterocycles. The first-order chi connectivity index (χ1) is 11.3. The molecule has 24 heavy (non-hydrogen) atoms. The van der Waals surface area contributed by atoms with Crippen LogP contribution in [0.25, 0.3) is 11.2 Å². The number of fused-ring (bicyclic) bond motifs is 1. The maximum Gasteiger partial charge on any atom is 0.451 e. The van der Waals surface area contributed by atoms with Gasteiger partial charge in [-0.2, -0.15) is 13.2 Å². The number of nitrogen functional groups attached to an aromatic ring is 1. The molecule has 134 valence electrons. The summed E-state index contributed by atoms with van der Waals surface area (Å²) >= 11 is 0. The number of hydrogen-bond donors (Lipinski definition) is 3. The number of rotatable bonds is 2. The van der Waals surface area contributed by atoms with Crippen molar-refractivity contribution in [2.75, 3.05) is 19.5 Å². The summed E-state index contributed by atoms with van der Waals surface area (Å²) < 4.78 is 58.5. The summed E-state index contributed by atoms with van der Waals surface area (Å²) in [6.07, 6.45) is -7.26. The van der Waals surface area contributed by atoms with E-state index in [2.05, 4.69) is 15.0 Å². The first-order valence-corrected chi connectivity index (χ1v) is 6.73. The fourth-order valence-electron chi connectivity index (χ4n) is 2.31. The molecule has 2 aromatic rings. The van der Waals surface area contributed by atoms with Crippen LogP contribution in [0.2, 0.25) is 0 Å². The summed E-state index contributed by atoms with van der Waals surface area (Å²) in [5.74, 6) is -1.89. The van der Waals surface area contributed by atoms with Gasteiger partial charge in [-0.05, 0) is 0 Å². The Labute approximate surface area is 132 Å². The molecule has 8 nitrogen and oxygen atoms in total. The van der Waals surface area contributed by atoms with Gasteiger partial charge in [0.15, 0.2) is 17.7 Å². The Balaban J connectivity index is 0.00000100. The summed E-state index contributed by atoms with van der Waals surface area (Å²) in [5.41, 5.74) is 5.11. The van der Waals surface area contributed by atoms with Crippen LogP contribution in [0, 0.1) is 0 Å². The fraction of sp³-hybridized carbons (Fsp3) is 0.583. The van der Waals surface area contributed by atoms with Gasteiger partial charge in [-0.1, -0.05) is 0 Å². The first kappa shape index (κ1) is 18.3. The van der Waals surface area contributed by atoms with Crippen LogP contribution in [0.3, 0.4) is 0 Å². The fourth-order valence-corrected chi connectivity index (χ4v) is 2.31. The highest BCUT2D eigenvalue weighted by Crippen LogP contribution is 2.35. The number of anilines is 1. The topological polar surface area (TPSA) is 119 Å². The van der Waals surface area contributed by atoms with E-state index in [-0.39, 0.29) is 17.6 Å². The van der Waals surface area contributed by atoms with Gasteiger partial charge in [0.1, 0.15) is 11.7 Å². The maximum atomic E-state index is 14.0. The number of alkyl halides is 4. The standard InChI is InChI=1S/C11H11F4N5O2.CH4O/c12-5-1-4(2-21)22-9(5)20-3-17-6-7(16)18-10(11(13,14)15)19-8(6)20;1-2/h3-5,9,21H,1-2H2,(H2,16,18,19);2H,1H3. The second-order valence-corrected chi connectivity index (χ2v) is 4.84. The quantitative estimate of drug-likeness (QED) is 0.678. The van der Waals surface area contributed by atoms with Gasteiger partial charge in [0.25, 0.3) is 0 Å². The molecule has 0 amide bonds. The third kappa shape index (κ3) is 3.25. The van der Waals surface area contributed by atoms with Gasteiger partial charge in [0.05, 0.1) is 19.0 Å². The number of nitrogens with zero attached hydrogens (tertiary/aromatic N) is 4. The van der Waals surface area contributed by atoms with E-state index in [0.29, 0.717) is 0 Å². The number of halogens is 4. The number of aromatic nitrogens is 4. The van der Waals surface area contributed by atoms with Crippen LogP contribution in [0.4, 0.5) is 23.4 Å². The van der Waals surface area contributed by atoms with Gasteiger partial charge in [-0.3, -0.25) is 4.57 Å². The Morgan fingerprint density at radius 3 is 2.58 bits per heavy atom. The van der Waals surface area contributed by atoms with E-state index in [1.165, 1.54) is 0 Å². The van der Waals surface area contributed by atoms with E-state index < -0.39 is 42.9 Å². The Morgan fingerprint density at radius 2 is 2.04 bits per heavy atom. The predicted octanol–water partition coefficient (Wildman–Crippen LogP) is 0.654. The summed E-state index contributed by atoms with van der Waals surface area (Å²) in [5, 5.41) is 16.0. The van der Waals surface area contributed by atoms with Gasteiger partial charge < -0.3 is 20.7 Å². The van der Waals surface area contributed by atoms with Crippen molar-refractivity contribution in [3.8, 4) is 0 Å². The van der Waals surface area contributed by atoms with Crippen LogP contribution in [0.1, 0.15) is 18.5 Å². The Bertz CT molecular complexity index is 708. The van der Waals surface area contributed by atoms with Crippen LogP contribution >= 0.6 is 0 Å². The van der Waals surface area contributed by atoms with E-state index >= 15 is 0 Å². The molecule has 0 aliphatic carbocycles. The minimum atomic E-state index is -4.79. The van der Waals surface area contributed by atoms with Crippen molar-refractivity contribution in [1.82, 2.24) is 19.5 Å². The zero-order valence-electron chi connectivity index (χ0n) is 12.4. The van der Waals surface area contributed by atoms with Crippen LogP contribution in [-0.4, -0.2) is 55.7 Å². The second kappa shape index (κ2) is 6.83. The smallest absolute Gasteiger partial charge is 0.400 e. The summed E-state index contributed by atoms with van der Waals surface area (Å²) in [6, 6.07) is 0. The molecule has 1 fully saturated rings. The molecule has 3 atom stereocenters.